The van der Waals surface area contributed by atoms with E-state index >= 15 is 0 Å². The summed E-state index contributed by atoms with van der Waals surface area (Å²) in [6, 6.07) is 1.83. The lowest BCUT2D eigenvalue weighted by Crippen LogP contribution is -2.35. The Morgan fingerprint density at radius 3 is 2.56 bits per heavy atom. The molecule has 1 unspecified atom stereocenters. The average molecular weight is 258 g/mol. The molecule has 0 aliphatic heterocycles. The molecule has 0 heterocycles. The molecule has 0 saturated heterocycles. The summed E-state index contributed by atoms with van der Waals surface area (Å²) >= 11 is 0. The number of carbonyl (C=O) groups is 1. The molecule has 1 atom stereocenters. The predicted molar refractivity (Wildman–Crippen MR) is 64.5 cm³/mol. The maximum atomic E-state index is 13.7. The summed E-state index contributed by atoms with van der Waals surface area (Å²) in [5, 5.41) is 0. The number of amides is 1. The van der Waals surface area contributed by atoms with Crippen LogP contribution in [0.2, 0.25) is 0 Å². The molecule has 1 amide bonds. The van der Waals surface area contributed by atoms with E-state index in [2.05, 4.69) is 4.74 Å². The average Bonchev–Trinajstić information content (AvgIpc) is 2.38. The molecule has 100 valence electrons. The monoisotopic (exact) mass is 258 g/mol. The number of hydrogen-bond donors (Lipinski definition) is 1. The Morgan fingerprint density at radius 2 is 2.06 bits per heavy atom. The number of anilines is 1. The van der Waals surface area contributed by atoms with E-state index in [4.69, 9.17) is 5.73 Å². The van der Waals surface area contributed by atoms with Crippen molar-refractivity contribution in [3.63, 3.8) is 0 Å². The van der Waals surface area contributed by atoms with Crippen LogP contribution in [0.15, 0.2) is 12.1 Å². The minimum atomic E-state index is -0.728. The normalized spacial score (nSPS) is 12.1. The van der Waals surface area contributed by atoms with E-state index in [-0.39, 0.29) is 23.9 Å². The second-order valence-corrected chi connectivity index (χ2v) is 3.97. The standard InChI is InChI=1S/C12H16F2N2O2/c1-7(6-15)12(17)16(2)10-4-9(14)11(18-3)5-8(10)13/h4-5,7H,6,15H2,1-3H3. The number of ether oxygens (including phenoxy) is 1. The number of benzene rings is 1. The molecule has 0 aromatic heterocycles. The van der Waals surface area contributed by atoms with E-state index in [9.17, 15) is 13.6 Å². The summed E-state index contributed by atoms with van der Waals surface area (Å²) in [4.78, 5) is 12.9. The molecule has 1 aromatic carbocycles. The largest absolute Gasteiger partial charge is 0.494 e. The Labute approximate surface area is 104 Å². The van der Waals surface area contributed by atoms with E-state index in [0.717, 1.165) is 17.0 Å². The van der Waals surface area contributed by atoms with Crippen LogP contribution in [0, 0.1) is 17.6 Å². The number of hydrogen-bond acceptors (Lipinski definition) is 3. The zero-order chi connectivity index (χ0) is 13.9. The van der Waals surface area contributed by atoms with Gasteiger partial charge in [-0.25, -0.2) is 8.78 Å². The van der Waals surface area contributed by atoms with E-state index < -0.39 is 17.6 Å². The SMILES string of the molecule is COc1cc(F)c(N(C)C(=O)C(C)CN)cc1F. The molecular formula is C12H16F2N2O2. The second kappa shape index (κ2) is 5.77. The number of rotatable bonds is 4. The fraction of sp³-hybridized carbons (Fsp3) is 0.417. The third-order valence-electron chi connectivity index (χ3n) is 2.69. The summed E-state index contributed by atoms with van der Waals surface area (Å²) in [6.45, 7) is 1.76. The first kappa shape index (κ1) is 14.4. The van der Waals surface area contributed by atoms with Crippen LogP contribution >= 0.6 is 0 Å². The quantitative estimate of drug-likeness (QED) is 0.891. The summed E-state index contributed by atoms with van der Waals surface area (Å²) in [7, 11) is 2.61. The maximum absolute atomic E-state index is 13.7. The van der Waals surface area contributed by atoms with Crippen LogP contribution in [0.3, 0.4) is 0 Å². The van der Waals surface area contributed by atoms with Gasteiger partial charge in [-0.1, -0.05) is 6.92 Å². The van der Waals surface area contributed by atoms with Crippen molar-refractivity contribution in [3.05, 3.63) is 23.8 Å². The van der Waals surface area contributed by atoms with Gasteiger partial charge in [0.05, 0.1) is 12.8 Å². The number of nitrogens with two attached hydrogens (primary N) is 1. The lowest BCUT2D eigenvalue weighted by Gasteiger charge is -2.21. The minimum Gasteiger partial charge on any atom is -0.494 e. The lowest BCUT2D eigenvalue weighted by molar-refractivity contribution is -0.121. The summed E-state index contributed by atoms with van der Waals surface area (Å²) in [5.74, 6) is -2.49. The van der Waals surface area contributed by atoms with Crippen molar-refractivity contribution >= 4 is 11.6 Å². The van der Waals surface area contributed by atoms with E-state index in [1.54, 1.807) is 6.92 Å². The highest BCUT2D eigenvalue weighted by molar-refractivity contribution is 5.94. The van der Waals surface area contributed by atoms with Gasteiger partial charge >= 0.3 is 0 Å². The fourth-order valence-electron chi connectivity index (χ4n) is 1.48. The number of carbonyl (C=O) groups excluding carboxylic acids is 1. The van der Waals surface area contributed by atoms with Crippen LogP contribution in [0.4, 0.5) is 14.5 Å². The van der Waals surface area contributed by atoms with Crippen molar-refractivity contribution in [3.8, 4) is 5.75 Å². The first-order valence-electron chi connectivity index (χ1n) is 5.43. The maximum Gasteiger partial charge on any atom is 0.230 e. The smallest absolute Gasteiger partial charge is 0.230 e. The molecule has 0 saturated carbocycles. The summed E-state index contributed by atoms with van der Waals surface area (Å²) in [6.07, 6.45) is 0. The Morgan fingerprint density at radius 1 is 1.44 bits per heavy atom. The molecule has 1 rings (SSSR count). The first-order valence-corrected chi connectivity index (χ1v) is 5.43. The Hall–Kier alpha value is -1.69. The molecule has 2 N–H and O–H groups in total. The zero-order valence-corrected chi connectivity index (χ0v) is 10.5. The topological polar surface area (TPSA) is 55.6 Å². The van der Waals surface area contributed by atoms with Gasteiger partial charge in [-0.2, -0.15) is 0 Å². The van der Waals surface area contributed by atoms with Gasteiger partial charge in [0, 0.05) is 31.6 Å². The molecule has 6 heteroatoms. The highest BCUT2D eigenvalue weighted by atomic mass is 19.1. The number of halogens is 2. The zero-order valence-electron chi connectivity index (χ0n) is 10.5. The van der Waals surface area contributed by atoms with Crippen molar-refractivity contribution in [2.45, 2.75) is 6.92 Å². The lowest BCUT2D eigenvalue weighted by atomic mass is 10.1. The van der Waals surface area contributed by atoms with Gasteiger partial charge in [0.1, 0.15) is 0 Å². The predicted octanol–water partition coefficient (Wildman–Crippen LogP) is 1.53. The molecule has 4 nitrogen and oxygen atoms in total. The highest BCUT2D eigenvalue weighted by Crippen LogP contribution is 2.27. The van der Waals surface area contributed by atoms with Gasteiger partial charge in [0.2, 0.25) is 5.91 Å². The van der Waals surface area contributed by atoms with E-state index in [1.165, 1.54) is 14.2 Å². The molecule has 0 bridgehead atoms. The van der Waals surface area contributed by atoms with Gasteiger partial charge in [0.25, 0.3) is 0 Å². The Bertz CT molecular complexity index is 452. The fourth-order valence-corrected chi connectivity index (χ4v) is 1.48. The Balaban J connectivity index is 3.10. The van der Waals surface area contributed by atoms with Crippen LogP contribution in [0.5, 0.6) is 5.75 Å². The van der Waals surface area contributed by atoms with Crippen LogP contribution in [-0.4, -0.2) is 26.6 Å². The van der Waals surface area contributed by atoms with Crippen LogP contribution in [0.25, 0.3) is 0 Å². The van der Waals surface area contributed by atoms with Gasteiger partial charge in [0.15, 0.2) is 17.4 Å². The van der Waals surface area contributed by atoms with Gasteiger partial charge in [-0.3, -0.25) is 4.79 Å². The molecule has 0 spiro atoms. The molecule has 0 aliphatic rings. The van der Waals surface area contributed by atoms with Gasteiger partial charge < -0.3 is 15.4 Å². The third-order valence-corrected chi connectivity index (χ3v) is 2.69. The van der Waals surface area contributed by atoms with Crippen LogP contribution in [0.1, 0.15) is 6.92 Å². The molecule has 18 heavy (non-hydrogen) atoms. The van der Waals surface area contributed by atoms with Gasteiger partial charge in [-0.15, -0.1) is 0 Å². The van der Waals surface area contributed by atoms with E-state index in [0.29, 0.717) is 0 Å². The van der Waals surface area contributed by atoms with Crippen molar-refractivity contribution < 1.29 is 18.3 Å². The Kier molecular flexibility index (Phi) is 4.61. The van der Waals surface area contributed by atoms with Crippen molar-refractivity contribution in [1.29, 1.82) is 0 Å². The summed E-state index contributed by atoms with van der Waals surface area (Å²) in [5.41, 5.74) is 5.23. The molecular weight excluding hydrogens is 242 g/mol. The third kappa shape index (κ3) is 2.76. The molecule has 1 aromatic rings. The summed E-state index contributed by atoms with van der Waals surface area (Å²) < 4.78 is 31.9. The molecule has 0 fully saturated rings. The van der Waals surface area contributed by atoms with Crippen molar-refractivity contribution in [1.82, 2.24) is 0 Å². The second-order valence-electron chi connectivity index (χ2n) is 3.97. The van der Waals surface area contributed by atoms with E-state index in [1.807, 2.05) is 0 Å². The van der Waals surface area contributed by atoms with Crippen LogP contribution in [-0.2, 0) is 4.79 Å². The minimum absolute atomic E-state index is 0.140. The molecule has 0 radical (unpaired) electrons. The number of methoxy groups -OCH3 is 1. The van der Waals surface area contributed by atoms with Gasteiger partial charge in [-0.05, 0) is 0 Å². The highest BCUT2D eigenvalue weighted by Gasteiger charge is 2.21. The molecule has 0 aliphatic carbocycles. The van der Waals surface area contributed by atoms with Crippen molar-refractivity contribution in [2.75, 3.05) is 25.6 Å². The van der Waals surface area contributed by atoms with Crippen LogP contribution < -0.4 is 15.4 Å². The number of nitrogens with zero attached hydrogens (tertiary/aromatic N) is 1. The van der Waals surface area contributed by atoms with Crippen molar-refractivity contribution in [2.24, 2.45) is 11.7 Å². The first-order chi connectivity index (χ1) is 8.42.